The van der Waals surface area contributed by atoms with Crippen molar-refractivity contribution in [1.29, 1.82) is 0 Å². The molecule has 2 aromatic rings. The molecule has 144 valence electrons. The first kappa shape index (κ1) is 19.7. The van der Waals surface area contributed by atoms with Crippen LogP contribution in [0.3, 0.4) is 0 Å². The number of hydrogen-bond acceptors (Lipinski definition) is 4. The van der Waals surface area contributed by atoms with Crippen LogP contribution in [0, 0.1) is 6.92 Å². The average Bonchev–Trinajstić information content (AvgIpc) is 3.15. The first-order valence-corrected chi connectivity index (χ1v) is 10.4. The summed E-state index contributed by atoms with van der Waals surface area (Å²) in [7, 11) is -2.36. The number of halogens is 1. The molecule has 0 unspecified atom stereocenters. The Morgan fingerprint density at radius 2 is 2.00 bits per heavy atom. The summed E-state index contributed by atoms with van der Waals surface area (Å²) in [5.41, 5.74) is 1.07. The lowest BCUT2D eigenvalue weighted by molar-refractivity contribution is -0.119. The van der Waals surface area contributed by atoms with Crippen LogP contribution in [-0.2, 0) is 14.8 Å². The molecule has 3 rings (SSSR count). The Morgan fingerprint density at radius 3 is 2.70 bits per heavy atom. The van der Waals surface area contributed by atoms with Crippen molar-refractivity contribution in [3.05, 3.63) is 53.1 Å². The molecule has 1 aliphatic heterocycles. The Bertz CT molecular complexity index is 962. The molecule has 0 spiro atoms. The smallest absolute Gasteiger partial charge is 0.244 e. The van der Waals surface area contributed by atoms with Gasteiger partial charge in [-0.15, -0.1) is 0 Å². The van der Waals surface area contributed by atoms with Crippen LogP contribution in [-0.4, -0.2) is 38.3 Å². The summed E-state index contributed by atoms with van der Waals surface area (Å²) < 4.78 is 32.9. The Labute approximate surface area is 164 Å². The number of hydrogen-bond donors (Lipinski definition) is 1. The molecule has 0 aliphatic carbocycles. The fourth-order valence-corrected chi connectivity index (χ4v) is 5.26. The van der Waals surface area contributed by atoms with E-state index in [-0.39, 0.29) is 10.8 Å². The molecule has 1 fully saturated rings. The highest BCUT2D eigenvalue weighted by atomic mass is 35.5. The number of para-hydroxylation sites is 1. The van der Waals surface area contributed by atoms with Crippen LogP contribution >= 0.6 is 11.6 Å². The number of nitrogens with zero attached hydrogens (tertiary/aromatic N) is 1. The summed E-state index contributed by atoms with van der Waals surface area (Å²) in [6.07, 6.45) is 1.07. The third kappa shape index (κ3) is 3.95. The van der Waals surface area contributed by atoms with Gasteiger partial charge in [-0.1, -0.05) is 29.8 Å². The molecule has 1 heterocycles. The zero-order valence-corrected chi connectivity index (χ0v) is 16.7. The Hall–Kier alpha value is -2.09. The normalized spacial score (nSPS) is 17.7. The number of benzene rings is 2. The minimum atomic E-state index is -3.84. The average molecular weight is 409 g/mol. The number of nitrogens with one attached hydrogen (secondary N) is 1. The third-order valence-corrected chi connectivity index (χ3v) is 7.00. The van der Waals surface area contributed by atoms with Gasteiger partial charge in [0.15, 0.2) is 0 Å². The standard InChI is InChI=1S/C19H21ClN2O4S/c1-13-9-10-14(26-2)12-18(13)27(24,25)22-11-5-8-17(22)19(23)21-16-7-4-3-6-15(16)20/h3-4,6-7,9-10,12,17H,5,8,11H2,1-2H3,(H,21,23)/t17-/m0/s1. The van der Waals surface area contributed by atoms with Gasteiger partial charge in [0.2, 0.25) is 15.9 Å². The van der Waals surface area contributed by atoms with Gasteiger partial charge in [-0.3, -0.25) is 4.79 Å². The molecule has 27 heavy (non-hydrogen) atoms. The maximum absolute atomic E-state index is 13.2. The quantitative estimate of drug-likeness (QED) is 0.822. The molecule has 1 amide bonds. The highest BCUT2D eigenvalue weighted by Gasteiger charge is 2.40. The first-order chi connectivity index (χ1) is 12.8. The molecular weight excluding hydrogens is 388 g/mol. The highest BCUT2D eigenvalue weighted by molar-refractivity contribution is 7.89. The molecule has 0 aromatic heterocycles. The van der Waals surface area contributed by atoms with Crippen molar-refractivity contribution in [2.24, 2.45) is 0 Å². The number of anilines is 1. The fraction of sp³-hybridized carbons (Fsp3) is 0.316. The molecule has 1 saturated heterocycles. The lowest BCUT2D eigenvalue weighted by atomic mass is 10.2. The second-order valence-electron chi connectivity index (χ2n) is 6.37. The van der Waals surface area contributed by atoms with Gasteiger partial charge in [0.1, 0.15) is 11.8 Å². The topological polar surface area (TPSA) is 75.7 Å². The van der Waals surface area contributed by atoms with Gasteiger partial charge in [0.25, 0.3) is 0 Å². The van der Waals surface area contributed by atoms with Crippen LogP contribution in [0.4, 0.5) is 5.69 Å². The van der Waals surface area contributed by atoms with Gasteiger partial charge >= 0.3 is 0 Å². The monoisotopic (exact) mass is 408 g/mol. The lowest BCUT2D eigenvalue weighted by Crippen LogP contribution is -2.43. The van der Waals surface area contributed by atoms with Gasteiger partial charge in [0.05, 0.1) is 22.7 Å². The number of methoxy groups -OCH3 is 1. The van der Waals surface area contributed by atoms with Crippen molar-refractivity contribution < 1.29 is 17.9 Å². The predicted octanol–water partition coefficient (Wildman–Crippen LogP) is 3.45. The largest absolute Gasteiger partial charge is 0.497 e. The number of aryl methyl sites for hydroxylation is 1. The summed E-state index contributed by atoms with van der Waals surface area (Å²) in [6.45, 7) is 2.01. The maximum Gasteiger partial charge on any atom is 0.244 e. The van der Waals surface area contributed by atoms with E-state index < -0.39 is 16.1 Å². The van der Waals surface area contributed by atoms with Crippen LogP contribution < -0.4 is 10.1 Å². The second kappa shape index (κ2) is 7.88. The Kier molecular flexibility index (Phi) is 5.74. The van der Waals surface area contributed by atoms with Crippen LogP contribution in [0.15, 0.2) is 47.4 Å². The minimum absolute atomic E-state index is 0.152. The van der Waals surface area contributed by atoms with Gasteiger partial charge in [-0.05, 0) is 43.5 Å². The number of rotatable bonds is 5. The summed E-state index contributed by atoms with van der Waals surface area (Å²) in [5.74, 6) is 0.0696. The van der Waals surface area contributed by atoms with Crippen molar-refractivity contribution in [2.45, 2.75) is 30.7 Å². The molecule has 1 atom stereocenters. The molecule has 0 bridgehead atoms. The van der Waals surface area contributed by atoms with Crippen LogP contribution in [0.2, 0.25) is 5.02 Å². The molecule has 0 saturated carbocycles. The van der Waals surface area contributed by atoms with Crippen molar-refractivity contribution in [3.63, 3.8) is 0 Å². The highest BCUT2D eigenvalue weighted by Crippen LogP contribution is 2.31. The van der Waals surface area contributed by atoms with E-state index in [0.29, 0.717) is 41.4 Å². The predicted molar refractivity (Wildman–Crippen MR) is 105 cm³/mol. The van der Waals surface area contributed by atoms with E-state index in [9.17, 15) is 13.2 Å². The first-order valence-electron chi connectivity index (χ1n) is 8.56. The van der Waals surface area contributed by atoms with Crippen molar-refractivity contribution in [1.82, 2.24) is 4.31 Å². The van der Waals surface area contributed by atoms with E-state index in [1.807, 2.05) is 0 Å². The SMILES string of the molecule is COc1ccc(C)c(S(=O)(=O)N2CCC[C@H]2C(=O)Nc2ccccc2Cl)c1. The zero-order valence-electron chi connectivity index (χ0n) is 15.1. The minimum Gasteiger partial charge on any atom is -0.497 e. The van der Waals surface area contributed by atoms with E-state index in [0.717, 1.165) is 0 Å². The molecular formula is C19H21ClN2O4S. The van der Waals surface area contributed by atoms with Gasteiger partial charge in [-0.25, -0.2) is 8.42 Å². The van der Waals surface area contributed by atoms with E-state index in [1.165, 1.54) is 17.5 Å². The number of ether oxygens (including phenoxy) is 1. The summed E-state index contributed by atoms with van der Waals surface area (Å²) in [5, 5.41) is 3.15. The molecule has 1 aliphatic rings. The third-order valence-electron chi connectivity index (χ3n) is 4.62. The van der Waals surface area contributed by atoms with Gasteiger partial charge < -0.3 is 10.1 Å². The molecule has 8 heteroatoms. The van der Waals surface area contributed by atoms with E-state index >= 15 is 0 Å². The van der Waals surface area contributed by atoms with Crippen molar-refractivity contribution in [3.8, 4) is 5.75 Å². The zero-order chi connectivity index (χ0) is 19.6. The summed E-state index contributed by atoms with van der Waals surface area (Å²) >= 11 is 6.09. The van der Waals surface area contributed by atoms with E-state index in [2.05, 4.69) is 5.32 Å². The second-order valence-corrected chi connectivity index (χ2v) is 8.64. The van der Waals surface area contributed by atoms with Crippen molar-refractivity contribution in [2.75, 3.05) is 19.0 Å². The molecule has 6 nitrogen and oxygen atoms in total. The maximum atomic E-state index is 13.2. The van der Waals surface area contributed by atoms with Gasteiger partial charge in [0, 0.05) is 12.6 Å². The molecule has 0 radical (unpaired) electrons. The van der Waals surface area contributed by atoms with Crippen LogP contribution in [0.1, 0.15) is 18.4 Å². The Morgan fingerprint density at radius 1 is 1.26 bits per heavy atom. The lowest BCUT2D eigenvalue weighted by Gasteiger charge is -2.24. The number of sulfonamides is 1. The molecule has 1 N–H and O–H groups in total. The summed E-state index contributed by atoms with van der Waals surface area (Å²) in [6, 6.07) is 11.0. The number of carbonyl (C=O) groups excluding carboxylic acids is 1. The van der Waals surface area contributed by atoms with Crippen LogP contribution in [0.25, 0.3) is 0 Å². The fourth-order valence-electron chi connectivity index (χ4n) is 3.18. The van der Waals surface area contributed by atoms with Crippen LogP contribution in [0.5, 0.6) is 5.75 Å². The van der Waals surface area contributed by atoms with E-state index in [1.54, 1.807) is 43.3 Å². The Balaban J connectivity index is 1.89. The summed E-state index contributed by atoms with van der Waals surface area (Å²) in [4.78, 5) is 12.9. The van der Waals surface area contributed by atoms with E-state index in [4.69, 9.17) is 16.3 Å². The number of amides is 1. The molecule has 2 aromatic carbocycles. The van der Waals surface area contributed by atoms with Gasteiger partial charge in [-0.2, -0.15) is 4.31 Å². The van der Waals surface area contributed by atoms with Crippen molar-refractivity contribution >= 4 is 33.2 Å². The number of carbonyl (C=O) groups is 1.